The van der Waals surface area contributed by atoms with E-state index in [1.807, 2.05) is 17.5 Å². The molecule has 2 heterocycles. The zero-order valence-corrected chi connectivity index (χ0v) is 15.3. The van der Waals surface area contributed by atoms with E-state index in [2.05, 4.69) is 15.6 Å². The van der Waals surface area contributed by atoms with Crippen LogP contribution in [0.3, 0.4) is 0 Å². The van der Waals surface area contributed by atoms with E-state index in [-0.39, 0.29) is 17.7 Å². The maximum Gasteiger partial charge on any atom is 0.229 e. The van der Waals surface area contributed by atoms with Gasteiger partial charge in [0.25, 0.3) is 0 Å². The first-order chi connectivity index (χ1) is 11.6. The molecule has 0 radical (unpaired) electrons. The summed E-state index contributed by atoms with van der Waals surface area (Å²) in [5.41, 5.74) is 0.873. The van der Waals surface area contributed by atoms with Crippen LogP contribution in [0.4, 0.5) is 5.13 Å². The summed E-state index contributed by atoms with van der Waals surface area (Å²) in [5.74, 6) is 0.205. The maximum atomic E-state index is 12.3. The molecule has 0 aromatic carbocycles. The van der Waals surface area contributed by atoms with Crippen LogP contribution in [0.25, 0.3) is 10.6 Å². The molecule has 128 valence electrons. The van der Waals surface area contributed by atoms with Crippen molar-refractivity contribution in [3.05, 3.63) is 22.4 Å². The summed E-state index contributed by atoms with van der Waals surface area (Å²) < 4.78 is 0. The molecule has 0 unspecified atom stereocenters. The highest BCUT2D eigenvalue weighted by molar-refractivity contribution is 7.17. The summed E-state index contributed by atoms with van der Waals surface area (Å²) in [6.07, 6.45) is 5.51. The molecule has 0 spiro atoms. The van der Waals surface area contributed by atoms with Gasteiger partial charge in [-0.3, -0.25) is 9.59 Å². The van der Waals surface area contributed by atoms with E-state index in [0.717, 1.165) is 41.1 Å². The largest absolute Gasteiger partial charge is 0.351 e. The van der Waals surface area contributed by atoms with Gasteiger partial charge in [0.15, 0.2) is 5.13 Å². The van der Waals surface area contributed by atoms with E-state index in [1.165, 1.54) is 24.7 Å². The van der Waals surface area contributed by atoms with Crippen molar-refractivity contribution in [3.8, 4) is 10.6 Å². The van der Waals surface area contributed by atoms with Crippen molar-refractivity contribution >= 4 is 39.6 Å². The van der Waals surface area contributed by atoms with Crippen LogP contribution < -0.4 is 10.6 Å². The highest BCUT2D eigenvalue weighted by Gasteiger charge is 2.22. The van der Waals surface area contributed by atoms with Crippen LogP contribution >= 0.6 is 22.7 Å². The number of nitrogens with zero attached hydrogens (tertiary/aromatic N) is 1. The fourth-order valence-corrected chi connectivity index (χ4v) is 4.53. The summed E-state index contributed by atoms with van der Waals surface area (Å²) in [6, 6.07) is 4.00. The molecule has 1 aliphatic carbocycles. The third-order valence-electron chi connectivity index (χ3n) is 4.14. The van der Waals surface area contributed by atoms with Crippen molar-refractivity contribution in [1.82, 2.24) is 10.3 Å². The minimum absolute atomic E-state index is 0.0358. The number of thiophene rings is 1. The number of aromatic nitrogens is 1. The number of amides is 2. The van der Waals surface area contributed by atoms with Crippen molar-refractivity contribution < 1.29 is 9.59 Å². The predicted molar refractivity (Wildman–Crippen MR) is 98.2 cm³/mol. The molecular formula is C17H21N3O2S2. The molecule has 5 nitrogen and oxygen atoms in total. The zero-order valence-electron chi connectivity index (χ0n) is 13.6. The average molecular weight is 364 g/mol. The third-order valence-corrected chi connectivity index (χ3v) is 6.00. The smallest absolute Gasteiger partial charge is 0.229 e. The van der Waals surface area contributed by atoms with Crippen LogP contribution in [0.1, 0.15) is 43.9 Å². The molecule has 2 amide bonds. The minimum Gasteiger partial charge on any atom is -0.351 e. The normalized spacial score (nSPS) is 15.2. The molecule has 0 atom stereocenters. The zero-order chi connectivity index (χ0) is 16.9. The Morgan fingerprint density at radius 2 is 2.04 bits per heavy atom. The first-order valence-electron chi connectivity index (χ1n) is 8.22. The molecule has 7 heteroatoms. The fourth-order valence-electron chi connectivity index (χ4n) is 2.84. The molecule has 0 aliphatic heterocycles. The Morgan fingerprint density at radius 3 is 2.79 bits per heavy atom. The molecule has 2 aromatic heterocycles. The number of carbonyl (C=O) groups excluding carboxylic acids is 2. The number of hydrogen-bond donors (Lipinski definition) is 2. The SMILES string of the molecule is CC(=O)NCc1ccc(-c2csc(NC(=O)C3CCCCC3)n2)s1. The molecule has 0 saturated heterocycles. The van der Waals surface area contributed by atoms with Crippen molar-refractivity contribution in [3.63, 3.8) is 0 Å². The van der Waals surface area contributed by atoms with Crippen molar-refractivity contribution in [2.75, 3.05) is 5.32 Å². The molecule has 3 rings (SSSR count). The summed E-state index contributed by atoms with van der Waals surface area (Å²) in [6.45, 7) is 2.05. The van der Waals surface area contributed by atoms with Gasteiger partial charge >= 0.3 is 0 Å². The lowest BCUT2D eigenvalue weighted by molar-refractivity contribution is -0.121. The second kappa shape index (κ2) is 7.90. The van der Waals surface area contributed by atoms with E-state index < -0.39 is 0 Å². The molecule has 1 fully saturated rings. The lowest BCUT2D eigenvalue weighted by Crippen LogP contribution is -2.24. The van der Waals surface area contributed by atoms with Gasteiger partial charge in [-0.15, -0.1) is 22.7 Å². The Balaban J connectivity index is 1.60. The average Bonchev–Trinajstić information content (AvgIpc) is 3.22. The number of anilines is 1. The van der Waals surface area contributed by atoms with Gasteiger partial charge in [-0.05, 0) is 25.0 Å². The highest BCUT2D eigenvalue weighted by atomic mass is 32.1. The van der Waals surface area contributed by atoms with Crippen molar-refractivity contribution in [2.24, 2.45) is 5.92 Å². The summed E-state index contributed by atoms with van der Waals surface area (Å²) in [4.78, 5) is 29.9. The van der Waals surface area contributed by atoms with E-state index in [4.69, 9.17) is 0 Å². The molecule has 0 bridgehead atoms. The second-order valence-electron chi connectivity index (χ2n) is 6.04. The molecular weight excluding hydrogens is 342 g/mol. The number of thiazole rings is 1. The molecule has 1 saturated carbocycles. The maximum absolute atomic E-state index is 12.3. The number of nitrogens with one attached hydrogen (secondary N) is 2. The van der Waals surface area contributed by atoms with E-state index in [0.29, 0.717) is 11.7 Å². The first kappa shape index (κ1) is 17.1. The number of hydrogen-bond acceptors (Lipinski definition) is 5. The number of carbonyl (C=O) groups is 2. The van der Waals surface area contributed by atoms with Crippen LogP contribution in [0.2, 0.25) is 0 Å². The molecule has 2 N–H and O–H groups in total. The fraction of sp³-hybridized carbons (Fsp3) is 0.471. The van der Waals surface area contributed by atoms with E-state index in [9.17, 15) is 9.59 Å². The van der Waals surface area contributed by atoms with Crippen molar-refractivity contribution in [1.29, 1.82) is 0 Å². The van der Waals surface area contributed by atoms with Gasteiger partial charge in [0, 0.05) is 23.1 Å². The Bertz CT molecular complexity index is 717. The van der Waals surface area contributed by atoms with Gasteiger partial charge in [-0.25, -0.2) is 4.98 Å². The number of rotatable bonds is 5. The van der Waals surface area contributed by atoms with Crippen molar-refractivity contribution in [2.45, 2.75) is 45.6 Å². The quantitative estimate of drug-likeness (QED) is 0.842. The van der Waals surface area contributed by atoms with Gasteiger partial charge in [-0.1, -0.05) is 19.3 Å². The van der Waals surface area contributed by atoms with E-state index in [1.54, 1.807) is 11.3 Å². The minimum atomic E-state index is -0.0358. The molecule has 2 aromatic rings. The van der Waals surface area contributed by atoms with Gasteiger partial charge in [-0.2, -0.15) is 0 Å². The lowest BCUT2D eigenvalue weighted by Gasteiger charge is -2.19. The van der Waals surface area contributed by atoms with Gasteiger partial charge in [0.1, 0.15) is 0 Å². The van der Waals surface area contributed by atoms with Gasteiger partial charge < -0.3 is 10.6 Å². The summed E-state index contributed by atoms with van der Waals surface area (Å²) in [5, 5.41) is 8.38. The predicted octanol–water partition coefficient (Wildman–Crippen LogP) is 4.03. The lowest BCUT2D eigenvalue weighted by atomic mass is 9.89. The van der Waals surface area contributed by atoms with Crippen LogP contribution in [-0.2, 0) is 16.1 Å². The Morgan fingerprint density at radius 1 is 1.25 bits per heavy atom. The second-order valence-corrected chi connectivity index (χ2v) is 8.06. The van der Waals surface area contributed by atoms with Crippen LogP contribution in [-0.4, -0.2) is 16.8 Å². The molecule has 1 aliphatic rings. The van der Waals surface area contributed by atoms with Gasteiger partial charge in [0.05, 0.1) is 17.1 Å². The Kier molecular flexibility index (Phi) is 5.63. The summed E-state index contributed by atoms with van der Waals surface area (Å²) >= 11 is 3.06. The van der Waals surface area contributed by atoms with Crippen LogP contribution in [0.5, 0.6) is 0 Å². The first-order valence-corrected chi connectivity index (χ1v) is 9.91. The highest BCUT2D eigenvalue weighted by Crippen LogP contribution is 2.31. The summed E-state index contributed by atoms with van der Waals surface area (Å²) in [7, 11) is 0. The Labute approximate surface area is 149 Å². The van der Waals surface area contributed by atoms with Crippen LogP contribution in [0.15, 0.2) is 17.5 Å². The molecule has 24 heavy (non-hydrogen) atoms. The van der Waals surface area contributed by atoms with E-state index >= 15 is 0 Å². The topological polar surface area (TPSA) is 71.1 Å². The van der Waals surface area contributed by atoms with Crippen LogP contribution in [0, 0.1) is 5.92 Å². The third kappa shape index (κ3) is 4.42. The van der Waals surface area contributed by atoms with Gasteiger partial charge in [0.2, 0.25) is 11.8 Å². The monoisotopic (exact) mass is 363 g/mol. The standard InChI is InChI=1S/C17H21N3O2S2/c1-11(21)18-9-13-7-8-15(24-13)14-10-23-17(19-14)20-16(22)12-5-3-2-4-6-12/h7-8,10,12H,2-6,9H2,1H3,(H,18,21)(H,19,20,22). The Hall–Kier alpha value is -1.73.